The van der Waals surface area contributed by atoms with Crippen LogP contribution in [0.25, 0.3) is 11.2 Å². The summed E-state index contributed by atoms with van der Waals surface area (Å²) in [5, 5.41) is 0.584. The number of fused-ring (bicyclic) bond motifs is 1. The maximum atomic E-state index is 12.8. The van der Waals surface area contributed by atoms with E-state index in [0.29, 0.717) is 23.1 Å². The van der Waals surface area contributed by atoms with Crippen LogP contribution < -0.4 is 0 Å². The minimum Gasteiger partial charge on any atom is -0.383 e. The Kier molecular flexibility index (Phi) is 5.59. The van der Waals surface area contributed by atoms with Crippen molar-refractivity contribution < 1.29 is 9.53 Å². The summed E-state index contributed by atoms with van der Waals surface area (Å²) in [4.78, 5) is 24.0. The van der Waals surface area contributed by atoms with E-state index in [1.807, 2.05) is 29.2 Å². The molecule has 0 spiro atoms. The third-order valence-corrected chi connectivity index (χ3v) is 5.45. The van der Waals surface area contributed by atoms with Crippen LogP contribution in [0.15, 0.2) is 42.6 Å². The fourth-order valence-corrected chi connectivity index (χ4v) is 4.02. The topological polar surface area (TPSA) is 60.2 Å². The molecule has 0 aliphatic carbocycles. The molecule has 0 bridgehead atoms. The van der Waals surface area contributed by atoms with Gasteiger partial charge in [-0.05, 0) is 42.7 Å². The van der Waals surface area contributed by atoms with Gasteiger partial charge in [0.25, 0.3) is 5.91 Å². The third kappa shape index (κ3) is 3.88. The Labute approximate surface area is 169 Å². The third-order valence-electron chi connectivity index (χ3n) is 5.22. The van der Waals surface area contributed by atoms with Gasteiger partial charge in [-0.2, -0.15) is 0 Å². The van der Waals surface area contributed by atoms with Crippen LogP contribution in [-0.2, 0) is 17.7 Å². The van der Waals surface area contributed by atoms with Crippen molar-refractivity contribution in [3.05, 3.63) is 59.0 Å². The Balaban J connectivity index is 1.49. The molecule has 0 N–H and O–H groups in total. The molecule has 0 saturated carbocycles. The van der Waals surface area contributed by atoms with Gasteiger partial charge in [0.05, 0.1) is 6.61 Å². The number of carbonyl (C=O) groups is 1. The van der Waals surface area contributed by atoms with Crippen molar-refractivity contribution in [1.82, 2.24) is 19.4 Å². The van der Waals surface area contributed by atoms with Crippen molar-refractivity contribution in [2.24, 2.45) is 5.92 Å². The number of benzene rings is 1. The molecule has 3 aromatic rings. The quantitative estimate of drug-likeness (QED) is 0.638. The summed E-state index contributed by atoms with van der Waals surface area (Å²) < 4.78 is 7.40. The van der Waals surface area contributed by atoms with Crippen LogP contribution in [0.4, 0.5) is 0 Å². The van der Waals surface area contributed by atoms with Crippen LogP contribution in [0.2, 0.25) is 5.02 Å². The first-order chi connectivity index (χ1) is 13.7. The zero-order valence-corrected chi connectivity index (χ0v) is 16.6. The number of rotatable bonds is 6. The number of likely N-dealkylation sites (tertiary alicyclic amines) is 1. The molecule has 146 valence electrons. The van der Waals surface area contributed by atoms with Crippen LogP contribution >= 0.6 is 11.6 Å². The standard InChI is InChI=1S/C21H23ClN4O2/c1-28-11-10-26-19(24-18-6-3-8-23-20(18)26)12-15-7-9-25(14-15)21(27)16-4-2-5-17(22)13-16/h2-6,8,13,15H,7,9-12,14H2,1H3/t15-/m0/s1. The molecular formula is C21H23ClN4O2. The molecule has 1 fully saturated rings. The SMILES string of the molecule is COCCn1c(C[C@@H]2CCN(C(=O)c3cccc(Cl)c3)C2)nc2cccnc21. The highest BCUT2D eigenvalue weighted by atomic mass is 35.5. The molecule has 1 aliphatic rings. The number of amides is 1. The molecule has 1 atom stereocenters. The maximum Gasteiger partial charge on any atom is 0.253 e. The first-order valence-electron chi connectivity index (χ1n) is 9.49. The van der Waals surface area contributed by atoms with Crippen molar-refractivity contribution in [3.63, 3.8) is 0 Å². The van der Waals surface area contributed by atoms with Gasteiger partial charge in [0.2, 0.25) is 0 Å². The lowest BCUT2D eigenvalue weighted by Crippen LogP contribution is -2.29. The van der Waals surface area contributed by atoms with Crippen LogP contribution in [0.1, 0.15) is 22.6 Å². The highest BCUT2D eigenvalue weighted by Crippen LogP contribution is 2.24. The lowest BCUT2D eigenvalue weighted by molar-refractivity contribution is 0.0787. The molecule has 1 aliphatic heterocycles. The zero-order valence-electron chi connectivity index (χ0n) is 15.8. The number of pyridine rings is 1. The first-order valence-corrected chi connectivity index (χ1v) is 9.87. The number of nitrogens with zero attached hydrogens (tertiary/aromatic N) is 4. The second kappa shape index (κ2) is 8.29. The maximum absolute atomic E-state index is 12.8. The molecule has 0 unspecified atom stereocenters. The van der Waals surface area contributed by atoms with Gasteiger partial charge in [-0.15, -0.1) is 0 Å². The second-order valence-electron chi connectivity index (χ2n) is 7.14. The van der Waals surface area contributed by atoms with Crippen molar-refractivity contribution >= 4 is 28.7 Å². The Morgan fingerprint density at radius 1 is 1.32 bits per heavy atom. The van der Waals surface area contributed by atoms with Crippen molar-refractivity contribution in [1.29, 1.82) is 0 Å². The van der Waals surface area contributed by atoms with Gasteiger partial charge in [0.15, 0.2) is 5.65 Å². The van der Waals surface area contributed by atoms with Crippen LogP contribution in [-0.4, -0.2) is 52.1 Å². The molecule has 1 amide bonds. The minimum atomic E-state index is 0.0413. The highest BCUT2D eigenvalue weighted by molar-refractivity contribution is 6.30. The molecule has 7 heteroatoms. The Morgan fingerprint density at radius 2 is 2.21 bits per heavy atom. The van der Waals surface area contributed by atoms with Crippen LogP contribution in [0, 0.1) is 5.92 Å². The lowest BCUT2D eigenvalue weighted by atomic mass is 10.0. The van der Waals surface area contributed by atoms with Crippen molar-refractivity contribution in [2.45, 2.75) is 19.4 Å². The zero-order chi connectivity index (χ0) is 19.5. The highest BCUT2D eigenvalue weighted by Gasteiger charge is 2.28. The Bertz CT molecular complexity index is 987. The predicted molar refractivity (Wildman–Crippen MR) is 109 cm³/mol. The fourth-order valence-electron chi connectivity index (χ4n) is 3.82. The number of imidazole rings is 1. The smallest absolute Gasteiger partial charge is 0.253 e. The normalized spacial score (nSPS) is 16.8. The number of hydrogen-bond acceptors (Lipinski definition) is 4. The van der Waals surface area contributed by atoms with E-state index in [0.717, 1.165) is 49.5 Å². The summed E-state index contributed by atoms with van der Waals surface area (Å²) in [6.07, 6.45) is 3.57. The monoisotopic (exact) mass is 398 g/mol. The van der Waals surface area contributed by atoms with E-state index in [9.17, 15) is 4.79 Å². The van der Waals surface area contributed by atoms with Gasteiger partial charge < -0.3 is 14.2 Å². The summed E-state index contributed by atoms with van der Waals surface area (Å²) >= 11 is 6.03. The molecule has 2 aromatic heterocycles. The minimum absolute atomic E-state index is 0.0413. The van der Waals surface area contributed by atoms with E-state index in [-0.39, 0.29) is 5.91 Å². The first kappa shape index (κ1) is 18.9. The average Bonchev–Trinajstić information content (AvgIpc) is 3.30. The average molecular weight is 399 g/mol. The second-order valence-corrected chi connectivity index (χ2v) is 7.58. The van der Waals surface area contributed by atoms with E-state index in [1.165, 1.54) is 0 Å². The van der Waals surface area contributed by atoms with E-state index in [4.69, 9.17) is 21.3 Å². The number of carbonyl (C=O) groups excluding carboxylic acids is 1. The summed E-state index contributed by atoms with van der Waals surface area (Å²) in [6, 6.07) is 11.0. The summed E-state index contributed by atoms with van der Waals surface area (Å²) in [6.45, 7) is 2.81. The van der Waals surface area contributed by atoms with Crippen molar-refractivity contribution in [3.8, 4) is 0 Å². The van der Waals surface area contributed by atoms with E-state index >= 15 is 0 Å². The molecule has 28 heavy (non-hydrogen) atoms. The molecule has 0 radical (unpaired) electrons. The predicted octanol–water partition coefficient (Wildman–Crippen LogP) is 3.44. The van der Waals surface area contributed by atoms with Gasteiger partial charge in [-0.1, -0.05) is 17.7 Å². The molecule has 4 rings (SSSR count). The Morgan fingerprint density at radius 3 is 3.04 bits per heavy atom. The molecule has 1 aromatic carbocycles. The van der Waals surface area contributed by atoms with Gasteiger partial charge in [0.1, 0.15) is 11.3 Å². The summed E-state index contributed by atoms with van der Waals surface area (Å²) in [5.74, 6) is 1.42. The largest absolute Gasteiger partial charge is 0.383 e. The summed E-state index contributed by atoms with van der Waals surface area (Å²) in [5.41, 5.74) is 2.43. The van der Waals surface area contributed by atoms with E-state index < -0.39 is 0 Å². The number of methoxy groups -OCH3 is 1. The molecular weight excluding hydrogens is 376 g/mol. The molecule has 6 nitrogen and oxygen atoms in total. The van der Waals surface area contributed by atoms with Gasteiger partial charge >= 0.3 is 0 Å². The van der Waals surface area contributed by atoms with Gasteiger partial charge in [-0.3, -0.25) is 4.79 Å². The fraction of sp³-hybridized carbons (Fsp3) is 0.381. The van der Waals surface area contributed by atoms with E-state index in [2.05, 4.69) is 9.55 Å². The Hall–Kier alpha value is -2.44. The number of aromatic nitrogens is 3. The number of ether oxygens (including phenoxy) is 1. The van der Waals surface area contributed by atoms with Gasteiger partial charge in [0, 0.05) is 49.9 Å². The lowest BCUT2D eigenvalue weighted by Gasteiger charge is -2.17. The molecule has 3 heterocycles. The summed E-state index contributed by atoms with van der Waals surface area (Å²) in [7, 11) is 1.70. The van der Waals surface area contributed by atoms with Gasteiger partial charge in [-0.25, -0.2) is 9.97 Å². The van der Waals surface area contributed by atoms with Crippen molar-refractivity contribution in [2.75, 3.05) is 26.8 Å². The number of halogens is 1. The van der Waals surface area contributed by atoms with Crippen LogP contribution in [0.3, 0.4) is 0 Å². The van der Waals surface area contributed by atoms with E-state index in [1.54, 1.807) is 25.4 Å². The van der Waals surface area contributed by atoms with Crippen LogP contribution in [0.5, 0.6) is 0 Å². The molecule has 1 saturated heterocycles. The number of hydrogen-bond donors (Lipinski definition) is 0.